The van der Waals surface area contributed by atoms with Crippen molar-refractivity contribution in [3.8, 4) is 5.69 Å². The number of aromatic amines is 1. The van der Waals surface area contributed by atoms with E-state index in [0.29, 0.717) is 17.1 Å². The Labute approximate surface area is 150 Å². The first kappa shape index (κ1) is 15.9. The molecule has 2 aromatic heterocycles. The van der Waals surface area contributed by atoms with Crippen molar-refractivity contribution in [2.45, 2.75) is 18.8 Å². The summed E-state index contributed by atoms with van der Waals surface area (Å²) in [6, 6.07) is 7.25. The van der Waals surface area contributed by atoms with E-state index in [1.807, 2.05) is 29.4 Å². The maximum absolute atomic E-state index is 13.0. The zero-order chi connectivity index (χ0) is 17.2. The van der Waals surface area contributed by atoms with Crippen molar-refractivity contribution in [2.24, 2.45) is 0 Å². The topological polar surface area (TPSA) is 66.8 Å². The summed E-state index contributed by atoms with van der Waals surface area (Å²) in [7, 11) is 0. The van der Waals surface area contributed by atoms with Crippen LogP contribution in [0.3, 0.4) is 0 Å². The highest BCUT2D eigenvalue weighted by molar-refractivity contribution is 6.33. The maximum Gasteiger partial charge on any atom is 0.255 e. The molecule has 1 saturated heterocycles. The first-order valence-corrected chi connectivity index (χ1v) is 8.68. The molecule has 1 aliphatic rings. The molecule has 0 unspecified atom stereocenters. The number of nitrogens with zero attached hydrogens (tertiary/aromatic N) is 4. The molecular weight excluding hydrogens is 338 g/mol. The second kappa shape index (κ2) is 6.72. The maximum atomic E-state index is 13.0. The SMILES string of the molecule is O=C(c1cc(-n2cccn2)ccc1Cl)N1CCC[C@@H](c2ncc[nH]2)C1. The number of benzene rings is 1. The molecule has 1 fully saturated rings. The Balaban J connectivity index is 1.59. The summed E-state index contributed by atoms with van der Waals surface area (Å²) >= 11 is 6.31. The molecule has 0 saturated carbocycles. The van der Waals surface area contributed by atoms with Gasteiger partial charge in [0.15, 0.2) is 0 Å². The number of rotatable bonds is 3. The zero-order valence-corrected chi connectivity index (χ0v) is 14.4. The molecule has 0 aliphatic carbocycles. The number of imidazole rings is 1. The van der Waals surface area contributed by atoms with Crippen LogP contribution in [0.4, 0.5) is 0 Å². The summed E-state index contributed by atoms with van der Waals surface area (Å²) in [6.07, 6.45) is 9.09. The van der Waals surface area contributed by atoms with Crippen LogP contribution in [-0.2, 0) is 0 Å². The lowest BCUT2D eigenvalue weighted by Gasteiger charge is -2.32. The summed E-state index contributed by atoms with van der Waals surface area (Å²) in [6.45, 7) is 1.38. The molecule has 4 rings (SSSR count). The summed E-state index contributed by atoms with van der Waals surface area (Å²) < 4.78 is 1.72. The van der Waals surface area contributed by atoms with Crippen LogP contribution in [0.15, 0.2) is 49.1 Å². The molecule has 25 heavy (non-hydrogen) atoms. The molecule has 6 nitrogen and oxygen atoms in total. The number of carbonyl (C=O) groups excluding carboxylic acids is 1. The van der Waals surface area contributed by atoms with E-state index in [4.69, 9.17) is 11.6 Å². The third-order valence-corrected chi connectivity index (χ3v) is 4.89. The van der Waals surface area contributed by atoms with Gasteiger partial charge in [-0.2, -0.15) is 5.10 Å². The van der Waals surface area contributed by atoms with E-state index < -0.39 is 0 Å². The fourth-order valence-corrected chi connectivity index (χ4v) is 3.50. The van der Waals surface area contributed by atoms with Gasteiger partial charge in [0, 0.05) is 43.8 Å². The molecule has 0 bridgehead atoms. The number of amides is 1. The Morgan fingerprint density at radius 3 is 3.00 bits per heavy atom. The molecule has 128 valence electrons. The van der Waals surface area contributed by atoms with Gasteiger partial charge in [-0.25, -0.2) is 9.67 Å². The predicted molar refractivity (Wildman–Crippen MR) is 95.0 cm³/mol. The third-order valence-electron chi connectivity index (χ3n) is 4.56. The molecule has 3 heterocycles. The van der Waals surface area contributed by atoms with E-state index in [2.05, 4.69) is 15.1 Å². The fourth-order valence-electron chi connectivity index (χ4n) is 3.30. The number of aromatic nitrogens is 4. The Kier molecular flexibility index (Phi) is 4.28. The average molecular weight is 356 g/mol. The van der Waals surface area contributed by atoms with E-state index in [1.54, 1.807) is 29.2 Å². The summed E-state index contributed by atoms with van der Waals surface area (Å²) in [4.78, 5) is 22.4. The molecule has 0 spiro atoms. The van der Waals surface area contributed by atoms with Crippen molar-refractivity contribution in [3.05, 3.63) is 65.5 Å². The number of halogens is 1. The summed E-state index contributed by atoms with van der Waals surface area (Å²) in [5.41, 5.74) is 1.33. The molecule has 0 radical (unpaired) electrons. The van der Waals surface area contributed by atoms with Crippen LogP contribution < -0.4 is 0 Å². The number of hydrogen-bond donors (Lipinski definition) is 1. The van der Waals surface area contributed by atoms with Gasteiger partial charge in [-0.1, -0.05) is 11.6 Å². The van der Waals surface area contributed by atoms with Gasteiger partial charge in [-0.3, -0.25) is 4.79 Å². The van der Waals surface area contributed by atoms with Crippen LogP contribution in [0.25, 0.3) is 5.69 Å². The van der Waals surface area contributed by atoms with E-state index in [0.717, 1.165) is 30.9 Å². The van der Waals surface area contributed by atoms with Crippen LogP contribution in [0.2, 0.25) is 5.02 Å². The molecule has 1 amide bonds. The Morgan fingerprint density at radius 2 is 2.24 bits per heavy atom. The van der Waals surface area contributed by atoms with Crippen molar-refractivity contribution in [1.29, 1.82) is 0 Å². The molecule has 7 heteroatoms. The van der Waals surface area contributed by atoms with Crippen LogP contribution >= 0.6 is 11.6 Å². The van der Waals surface area contributed by atoms with E-state index in [-0.39, 0.29) is 11.8 Å². The van der Waals surface area contributed by atoms with E-state index in [1.165, 1.54) is 0 Å². The Bertz CT molecular complexity index is 860. The lowest BCUT2D eigenvalue weighted by Crippen LogP contribution is -2.39. The molecule has 1 aromatic carbocycles. The summed E-state index contributed by atoms with van der Waals surface area (Å²) in [5.74, 6) is 1.13. The van der Waals surface area contributed by atoms with Crippen molar-refractivity contribution in [1.82, 2.24) is 24.6 Å². The lowest BCUT2D eigenvalue weighted by molar-refractivity contribution is 0.0705. The number of hydrogen-bond acceptors (Lipinski definition) is 3. The quantitative estimate of drug-likeness (QED) is 0.784. The molecular formula is C18H18ClN5O. The Hall–Kier alpha value is -2.60. The second-order valence-corrected chi connectivity index (χ2v) is 6.59. The van der Waals surface area contributed by atoms with Gasteiger partial charge in [-0.05, 0) is 37.1 Å². The van der Waals surface area contributed by atoms with Gasteiger partial charge in [-0.15, -0.1) is 0 Å². The van der Waals surface area contributed by atoms with Crippen LogP contribution in [0.5, 0.6) is 0 Å². The largest absolute Gasteiger partial charge is 0.348 e. The molecule has 1 N–H and O–H groups in total. The van der Waals surface area contributed by atoms with Crippen LogP contribution in [0.1, 0.15) is 34.9 Å². The van der Waals surface area contributed by atoms with Crippen molar-refractivity contribution >= 4 is 17.5 Å². The van der Waals surface area contributed by atoms with Gasteiger partial charge in [0.2, 0.25) is 0 Å². The number of likely N-dealkylation sites (tertiary alicyclic amines) is 1. The minimum absolute atomic E-state index is 0.0461. The normalized spacial score (nSPS) is 17.6. The second-order valence-electron chi connectivity index (χ2n) is 6.18. The number of piperidine rings is 1. The lowest BCUT2D eigenvalue weighted by atomic mass is 9.96. The minimum atomic E-state index is -0.0461. The monoisotopic (exact) mass is 355 g/mol. The van der Waals surface area contributed by atoms with Gasteiger partial charge >= 0.3 is 0 Å². The number of nitrogens with one attached hydrogen (secondary N) is 1. The fraction of sp³-hybridized carbons (Fsp3) is 0.278. The van der Waals surface area contributed by atoms with Crippen molar-refractivity contribution in [3.63, 3.8) is 0 Å². The van der Waals surface area contributed by atoms with Gasteiger partial charge in [0.1, 0.15) is 5.82 Å². The molecule has 1 aliphatic heterocycles. The highest BCUT2D eigenvalue weighted by Gasteiger charge is 2.28. The zero-order valence-electron chi connectivity index (χ0n) is 13.6. The molecule has 3 aromatic rings. The predicted octanol–water partition coefficient (Wildman–Crippen LogP) is 3.27. The first-order chi connectivity index (χ1) is 12.2. The van der Waals surface area contributed by atoms with Gasteiger partial charge < -0.3 is 9.88 Å². The summed E-state index contributed by atoms with van der Waals surface area (Å²) in [5, 5.41) is 4.67. The molecule has 1 atom stereocenters. The third kappa shape index (κ3) is 3.17. The van der Waals surface area contributed by atoms with Gasteiger partial charge in [0.05, 0.1) is 16.3 Å². The highest BCUT2D eigenvalue weighted by Crippen LogP contribution is 2.27. The number of H-pyrrole nitrogens is 1. The van der Waals surface area contributed by atoms with Crippen molar-refractivity contribution in [2.75, 3.05) is 13.1 Å². The first-order valence-electron chi connectivity index (χ1n) is 8.30. The highest BCUT2D eigenvalue weighted by atomic mass is 35.5. The van der Waals surface area contributed by atoms with E-state index in [9.17, 15) is 4.79 Å². The average Bonchev–Trinajstić information content (AvgIpc) is 3.35. The number of carbonyl (C=O) groups is 1. The van der Waals surface area contributed by atoms with Gasteiger partial charge in [0.25, 0.3) is 5.91 Å². The standard InChI is InChI=1S/C18H18ClN5O/c19-16-5-4-14(24-10-2-6-22-24)11-15(16)18(25)23-9-1-3-13(12-23)17-20-7-8-21-17/h2,4-8,10-11,13H,1,3,9,12H2,(H,20,21)/t13-/m1/s1. The van der Waals surface area contributed by atoms with Crippen molar-refractivity contribution < 1.29 is 4.79 Å². The smallest absolute Gasteiger partial charge is 0.255 e. The minimum Gasteiger partial charge on any atom is -0.348 e. The van der Waals surface area contributed by atoms with Crippen LogP contribution in [-0.4, -0.2) is 43.6 Å². The van der Waals surface area contributed by atoms with Crippen LogP contribution in [0, 0.1) is 0 Å². The Morgan fingerprint density at radius 1 is 1.32 bits per heavy atom. The van der Waals surface area contributed by atoms with E-state index >= 15 is 0 Å².